The summed E-state index contributed by atoms with van der Waals surface area (Å²) in [6.07, 6.45) is 11.7. The molecule has 0 rings (SSSR count). The SMILES string of the molecule is CCC.C\C=C(C)/C=C\C(=C/C)OCCCC. The monoisotopic (exact) mass is 238 g/mol. The van der Waals surface area contributed by atoms with Crippen LogP contribution in [0.5, 0.6) is 0 Å². The Balaban J connectivity index is 0. The Morgan fingerprint density at radius 1 is 1.00 bits per heavy atom. The Kier molecular flexibility index (Phi) is 16.2. The normalized spacial score (nSPS) is 12.4. The van der Waals surface area contributed by atoms with E-state index in [4.69, 9.17) is 4.74 Å². The molecule has 0 unspecified atom stereocenters. The first kappa shape index (κ1) is 18.4. The van der Waals surface area contributed by atoms with Crippen molar-refractivity contribution >= 4 is 0 Å². The van der Waals surface area contributed by atoms with Crippen LogP contribution in [0.15, 0.2) is 35.6 Å². The molecular formula is C16H30O. The van der Waals surface area contributed by atoms with E-state index in [1.54, 1.807) is 0 Å². The second-order valence-corrected chi connectivity index (χ2v) is 3.97. The van der Waals surface area contributed by atoms with Gasteiger partial charge in [0.05, 0.1) is 6.61 Å². The number of unbranched alkanes of at least 4 members (excludes halogenated alkanes) is 1. The predicted octanol–water partition coefficient (Wildman–Crippen LogP) is 5.65. The van der Waals surface area contributed by atoms with E-state index in [2.05, 4.69) is 39.8 Å². The lowest BCUT2D eigenvalue weighted by Gasteiger charge is -2.05. The highest BCUT2D eigenvalue weighted by molar-refractivity contribution is 5.22. The van der Waals surface area contributed by atoms with Gasteiger partial charge >= 0.3 is 0 Å². The molecule has 0 aliphatic rings. The molecule has 0 aliphatic heterocycles. The van der Waals surface area contributed by atoms with Crippen molar-refractivity contribution in [3.63, 3.8) is 0 Å². The van der Waals surface area contributed by atoms with Crippen LogP contribution in [0.4, 0.5) is 0 Å². The largest absolute Gasteiger partial charge is 0.494 e. The van der Waals surface area contributed by atoms with Gasteiger partial charge in [-0.1, -0.05) is 51.3 Å². The summed E-state index contributed by atoms with van der Waals surface area (Å²) in [5.74, 6) is 0.958. The minimum atomic E-state index is 0.815. The van der Waals surface area contributed by atoms with Crippen LogP contribution in [-0.4, -0.2) is 6.61 Å². The molecule has 0 aliphatic carbocycles. The van der Waals surface area contributed by atoms with E-state index in [9.17, 15) is 0 Å². The summed E-state index contributed by atoms with van der Waals surface area (Å²) < 4.78 is 5.57. The highest BCUT2D eigenvalue weighted by atomic mass is 16.5. The summed E-state index contributed by atoms with van der Waals surface area (Å²) in [6.45, 7) is 13.3. The summed E-state index contributed by atoms with van der Waals surface area (Å²) in [5, 5.41) is 0. The van der Waals surface area contributed by atoms with Crippen molar-refractivity contribution in [3.05, 3.63) is 35.6 Å². The molecule has 0 saturated carbocycles. The molecule has 0 radical (unpaired) electrons. The van der Waals surface area contributed by atoms with Crippen LogP contribution in [-0.2, 0) is 4.74 Å². The zero-order valence-corrected chi connectivity index (χ0v) is 12.5. The van der Waals surface area contributed by atoms with Gasteiger partial charge in [0.2, 0.25) is 0 Å². The third-order valence-electron chi connectivity index (χ3n) is 2.02. The van der Waals surface area contributed by atoms with E-state index >= 15 is 0 Å². The Hall–Kier alpha value is -0.980. The Morgan fingerprint density at radius 3 is 2.00 bits per heavy atom. The molecule has 0 aromatic heterocycles. The molecule has 0 saturated heterocycles. The molecule has 17 heavy (non-hydrogen) atoms. The van der Waals surface area contributed by atoms with Crippen molar-refractivity contribution < 1.29 is 4.74 Å². The zero-order valence-electron chi connectivity index (χ0n) is 12.5. The minimum absolute atomic E-state index is 0.815. The van der Waals surface area contributed by atoms with Crippen LogP contribution in [0.1, 0.15) is 60.8 Å². The van der Waals surface area contributed by atoms with E-state index < -0.39 is 0 Å². The molecular weight excluding hydrogens is 208 g/mol. The molecule has 0 spiro atoms. The van der Waals surface area contributed by atoms with E-state index in [1.807, 2.05) is 26.0 Å². The second-order valence-electron chi connectivity index (χ2n) is 3.97. The zero-order chi connectivity index (χ0) is 13.5. The smallest absolute Gasteiger partial charge is 0.115 e. The van der Waals surface area contributed by atoms with Gasteiger partial charge in [0.15, 0.2) is 0 Å². The maximum atomic E-state index is 5.57. The average Bonchev–Trinajstić information content (AvgIpc) is 2.34. The van der Waals surface area contributed by atoms with E-state index in [-0.39, 0.29) is 0 Å². The molecule has 0 bridgehead atoms. The quantitative estimate of drug-likeness (QED) is 0.330. The summed E-state index contributed by atoms with van der Waals surface area (Å²) in [6, 6.07) is 0. The van der Waals surface area contributed by atoms with Gasteiger partial charge in [-0.2, -0.15) is 0 Å². The maximum Gasteiger partial charge on any atom is 0.115 e. The molecule has 1 heteroatoms. The molecule has 0 N–H and O–H groups in total. The minimum Gasteiger partial charge on any atom is -0.494 e. The number of hydrogen-bond donors (Lipinski definition) is 0. The number of allylic oxidation sites excluding steroid dienone is 5. The van der Waals surface area contributed by atoms with Gasteiger partial charge in [-0.05, 0) is 39.3 Å². The van der Waals surface area contributed by atoms with Crippen molar-refractivity contribution in [2.45, 2.75) is 60.8 Å². The first-order valence-electron chi connectivity index (χ1n) is 6.76. The highest BCUT2D eigenvalue weighted by Crippen LogP contribution is 2.04. The highest BCUT2D eigenvalue weighted by Gasteiger charge is 1.90. The molecule has 0 atom stereocenters. The van der Waals surface area contributed by atoms with Gasteiger partial charge in [-0.25, -0.2) is 0 Å². The lowest BCUT2D eigenvalue weighted by molar-refractivity contribution is 0.219. The van der Waals surface area contributed by atoms with Gasteiger partial charge < -0.3 is 4.74 Å². The number of hydrogen-bond acceptors (Lipinski definition) is 1. The van der Waals surface area contributed by atoms with E-state index in [1.165, 1.54) is 18.4 Å². The van der Waals surface area contributed by atoms with Crippen LogP contribution in [0.3, 0.4) is 0 Å². The summed E-state index contributed by atoms with van der Waals surface area (Å²) >= 11 is 0. The van der Waals surface area contributed by atoms with Gasteiger partial charge in [-0.15, -0.1) is 0 Å². The molecule has 1 nitrogen and oxygen atoms in total. The summed E-state index contributed by atoms with van der Waals surface area (Å²) in [4.78, 5) is 0. The molecule has 0 heterocycles. The fraction of sp³-hybridized carbons (Fsp3) is 0.625. The van der Waals surface area contributed by atoms with Crippen molar-refractivity contribution in [2.75, 3.05) is 6.61 Å². The number of ether oxygens (including phenoxy) is 1. The van der Waals surface area contributed by atoms with Gasteiger partial charge in [0, 0.05) is 0 Å². The van der Waals surface area contributed by atoms with Crippen molar-refractivity contribution in [1.29, 1.82) is 0 Å². The molecule has 0 aromatic rings. The maximum absolute atomic E-state index is 5.57. The van der Waals surface area contributed by atoms with Crippen LogP contribution in [0, 0.1) is 0 Å². The van der Waals surface area contributed by atoms with Gasteiger partial charge in [0.25, 0.3) is 0 Å². The fourth-order valence-corrected chi connectivity index (χ4v) is 0.872. The first-order valence-corrected chi connectivity index (χ1v) is 6.76. The van der Waals surface area contributed by atoms with Gasteiger partial charge in [-0.3, -0.25) is 0 Å². The molecule has 0 aromatic carbocycles. The summed E-state index contributed by atoms with van der Waals surface area (Å²) in [7, 11) is 0. The van der Waals surface area contributed by atoms with Crippen molar-refractivity contribution in [2.24, 2.45) is 0 Å². The average molecular weight is 238 g/mol. The van der Waals surface area contributed by atoms with Crippen LogP contribution < -0.4 is 0 Å². The van der Waals surface area contributed by atoms with Crippen LogP contribution in [0.25, 0.3) is 0 Å². The molecule has 100 valence electrons. The molecule has 0 amide bonds. The standard InChI is InChI=1S/C13H22O.C3H8/c1-5-8-11-14-13(7-3)10-9-12(4)6-2;1-3-2/h6-7,9-10H,5,8,11H2,1-4H3;3H2,1-2H3/b10-9-,12-6-,13-7+;. The second kappa shape index (κ2) is 15.0. The topological polar surface area (TPSA) is 9.23 Å². The van der Waals surface area contributed by atoms with Crippen molar-refractivity contribution in [1.82, 2.24) is 0 Å². The van der Waals surface area contributed by atoms with Gasteiger partial charge in [0.1, 0.15) is 5.76 Å². The summed E-state index contributed by atoms with van der Waals surface area (Å²) in [5.41, 5.74) is 1.25. The third kappa shape index (κ3) is 15.0. The van der Waals surface area contributed by atoms with E-state index in [0.717, 1.165) is 18.8 Å². The lowest BCUT2D eigenvalue weighted by atomic mass is 10.2. The van der Waals surface area contributed by atoms with Crippen molar-refractivity contribution in [3.8, 4) is 0 Å². The third-order valence-corrected chi connectivity index (χ3v) is 2.02. The fourth-order valence-electron chi connectivity index (χ4n) is 0.872. The lowest BCUT2D eigenvalue weighted by Crippen LogP contribution is -1.92. The Morgan fingerprint density at radius 2 is 1.59 bits per heavy atom. The Bertz CT molecular complexity index is 234. The number of rotatable bonds is 6. The Labute approximate surface area is 108 Å². The van der Waals surface area contributed by atoms with Crippen LogP contribution >= 0.6 is 0 Å². The van der Waals surface area contributed by atoms with Crippen LogP contribution in [0.2, 0.25) is 0 Å². The first-order chi connectivity index (χ1) is 8.15. The van der Waals surface area contributed by atoms with E-state index in [0.29, 0.717) is 0 Å². The molecule has 0 fully saturated rings. The predicted molar refractivity (Wildman–Crippen MR) is 79.2 cm³/mol.